The van der Waals surface area contributed by atoms with Crippen molar-refractivity contribution in [2.45, 2.75) is 24.9 Å². The van der Waals surface area contributed by atoms with Gasteiger partial charge in [0.1, 0.15) is 6.04 Å². The van der Waals surface area contributed by atoms with Crippen molar-refractivity contribution in [3.05, 3.63) is 39.9 Å². The van der Waals surface area contributed by atoms with E-state index >= 15 is 0 Å². The van der Waals surface area contributed by atoms with Crippen LogP contribution in [-0.4, -0.2) is 64.1 Å². The number of nitrogens with zero attached hydrogens (tertiary/aromatic N) is 1. The monoisotopic (exact) mass is 509 g/mol. The standard InChI is InChI=1S/C23H28BrNO7/c1-28-17-11-14(15(24)12-18(17)29-2)21(25-8-6-7-16(25)23(26)27)13-9-19(30-3)22(32-5)20(10-13)31-4/h9-12,16,21H,6-8H2,1-5H3,(H,26,27). The van der Waals surface area contributed by atoms with Crippen molar-refractivity contribution in [3.8, 4) is 28.7 Å². The summed E-state index contributed by atoms with van der Waals surface area (Å²) in [7, 11) is 7.79. The highest BCUT2D eigenvalue weighted by Crippen LogP contribution is 2.46. The van der Waals surface area contributed by atoms with Crippen LogP contribution >= 0.6 is 15.9 Å². The molecule has 1 aliphatic rings. The van der Waals surface area contributed by atoms with Crippen LogP contribution in [0.3, 0.4) is 0 Å². The van der Waals surface area contributed by atoms with Crippen LogP contribution in [-0.2, 0) is 4.79 Å². The highest BCUT2D eigenvalue weighted by molar-refractivity contribution is 9.10. The van der Waals surface area contributed by atoms with Gasteiger partial charge in [0.25, 0.3) is 0 Å². The Balaban J connectivity index is 2.27. The summed E-state index contributed by atoms with van der Waals surface area (Å²) in [6.07, 6.45) is 1.35. The number of benzene rings is 2. The zero-order valence-corrected chi connectivity index (χ0v) is 20.4. The summed E-state index contributed by atoms with van der Waals surface area (Å²) >= 11 is 3.66. The molecule has 2 aromatic carbocycles. The fraction of sp³-hybridized carbons (Fsp3) is 0.435. The molecule has 0 aromatic heterocycles. The molecule has 32 heavy (non-hydrogen) atoms. The molecule has 1 fully saturated rings. The average molecular weight is 510 g/mol. The summed E-state index contributed by atoms with van der Waals surface area (Å²) in [4.78, 5) is 14.0. The molecule has 1 aliphatic heterocycles. The van der Waals surface area contributed by atoms with Crippen LogP contribution in [0.15, 0.2) is 28.7 Å². The van der Waals surface area contributed by atoms with E-state index in [9.17, 15) is 9.90 Å². The van der Waals surface area contributed by atoms with Crippen molar-refractivity contribution in [1.82, 2.24) is 4.90 Å². The molecule has 0 saturated carbocycles. The Hall–Kier alpha value is -2.65. The van der Waals surface area contributed by atoms with Gasteiger partial charge in [-0.2, -0.15) is 0 Å². The van der Waals surface area contributed by atoms with Crippen LogP contribution in [0.4, 0.5) is 0 Å². The maximum atomic E-state index is 12.1. The third kappa shape index (κ3) is 4.45. The van der Waals surface area contributed by atoms with E-state index in [1.165, 1.54) is 0 Å². The minimum absolute atomic E-state index is 0.415. The average Bonchev–Trinajstić information content (AvgIpc) is 3.28. The molecule has 1 heterocycles. The van der Waals surface area contributed by atoms with Crippen molar-refractivity contribution < 1.29 is 33.6 Å². The van der Waals surface area contributed by atoms with Crippen molar-refractivity contribution in [2.75, 3.05) is 42.1 Å². The predicted molar refractivity (Wildman–Crippen MR) is 123 cm³/mol. The van der Waals surface area contributed by atoms with Crippen LogP contribution in [0.5, 0.6) is 28.7 Å². The first-order valence-corrected chi connectivity index (χ1v) is 10.9. The van der Waals surface area contributed by atoms with E-state index in [1.807, 2.05) is 29.2 Å². The van der Waals surface area contributed by atoms with Crippen LogP contribution in [0.2, 0.25) is 0 Å². The first-order chi connectivity index (χ1) is 15.4. The van der Waals surface area contributed by atoms with Gasteiger partial charge in [-0.05, 0) is 48.2 Å². The van der Waals surface area contributed by atoms with Crippen LogP contribution in [0.1, 0.15) is 30.0 Å². The molecular weight excluding hydrogens is 482 g/mol. The molecule has 1 saturated heterocycles. The molecule has 0 aliphatic carbocycles. The topological polar surface area (TPSA) is 86.7 Å². The summed E-state index contributed by atoms with van der Waals surface area (Å²) in [6.45, 7) is 0.624. The van der Waals surface area contributed by atoms with E-state index in [2.05, 4.69) is 15.9 Å². The SMILES string of the molecule is COc1cc(Br)c(C(c2cc(OC)c(OC)c(OC)c2)N2CCCC2C(=O)O)cc1OC. The lowest BCUT2D eigenvalue weighted by Gasteiger charge is -2.33. The number of carboxylic acids is 1. The molecule has 1 N–H and O–H groups in total. The van der Waals surface area contributed by atoms with Gasteiger partial charge < -0.3 is 28.8 Å². The van der Waals surface area contributed by atoms with E-state index in [0.29, 0.717) is 41.7 Å². The molecule has 9 heteroatoms. The second-order valence-corrected chi connectivity index (χ2v) is 8.18. The minimum Gasteiger partial charge on any atom is -0.493 e. The molecule has 0 radical (unpaired) electrons. The number of hydrogen-bond donors (Lipinski definition) is 1. The van der Waals surface area contributed by atoms with Crippen LogP contribution in [0, 0.1) is 0 Å². The fourth-order valence-electron chi connectivity index (χ4n) is 4.25. The van der Waals surface area contributed by atoms with E-state index in [0.717, 1.165) is 22.0 Å². The van der Waals surface area contributed by atoms with Gasteiger partial charge in [0.15, 0.2) is 23.0 Å². The first kappa shape index (κ1) is 24.0. The second kappa shape index (κ2) is 10.3. The van der Waals surface area contributed by atoms with E-state index in [4.69, 9.17) is 23.7 Å². The number of hydrogen-bond acceptors (Lipinski definition) is 7. The molecule has 174 valence electrons. The Kier molecular flexibility index (Phi) is 7.73. The molecular formula is C23H28BrNO7. The first-order valence-electron chi connectivity index (χ1n) is 10.1. The third-order valence-corrected chi connectivity index (χ3v) is 6.40. The summed E-state index contributed by atoms with van der Waals surface area (Å²) in [6, 6.07) is 6.36. The van der Waals surface area contributed by atoms with E-state index in [1.54, 1.807) is 35.5 Å². The number of ether oxygens (including phenoxy) is 5. The Morgan fingerprint density at radius 1 is 0.938 bits per heavy atom. The number of rotatable bonds is 9. The normalized spacial score (nSPS) is 17.0. The summed E-state index contributed by atoms with van der Waals surface area (Å²) in [5.74, 6) is 1.73. The molecule has 0 bridgehead atoms. The van der Waals surface area contributed by atoms with Crippen LogP contribution < -0.4 is 23.7 Å². The van der Waals surface area contributed by atoms with E-state index < -0.39 is 18.1 Å². The third-order valence-electron chi connectivity index (χ3n) is 5.71. The molecule has 0 amide bonds. The Morgan fingerprint density at radius 3 is 2.00 bits per heavy atom. The lowest BCUT2D eigenvalue weighted by atomic mass is 9.95. The second-order valence-electron chi connectivity index (χ2n) is 7.32. The summed E-state index contributed by atoms with van der Waals surface area (Å²) < 4.78 is 28.3. The molecule has 2 aromatic rings. The van der Waals surface area contributed by atoms with Gasteiger partial charge in [0.05, 0.1) is 41.6 Å². The van der Waals surface area contributed by atoms with Crippen molar-refractivity contribution >= 4 is 21.9 Å². The summed E-state index contributed by atoms with van der Waals surface area (Å²) in [5.41, 5.74) is 1.64. The highest BCUT2D eigenvalue weighted by atomic mass is 79.9. The predicted octanol–water partition coefficient (Wildman–Crippen LogP) is 4.13. The zero-order valence-electron chi connectivity index (χ0n) is 18.8. The molecule has 0 spiro atoms. The Bertz CT molecular complexity index is 956. The quantitative estimate of drug-likeness (QED) is 0.539. The largest absolute Gasteiger partial charge is 0.493 e. The Morgan fingerprint density at radius 2 is 1.50 bits per heavy atom. The number of carbonyl (C=O) groups is 1. The van der Waals surface area contributed by atoms with Crippen molar-refractivity contribution in [3.63, 3.8) is 0 Å². The number of methoxy groups -OCH3 is 5. The maximum Gasteiger partial charge on any atom is 0.320 e. The smallest absolute Gasteiger partial charge is 0.320 e. The number of aliphatic carboxylic acids is 1. The van der Waals surface area contributed by atoms with Crippen molar-refractivity contribution in [1.29, 1.82) is 0 Å². The van der Waals surface area contributed by atoms with Gasteiger partial charge in [0.2, 0.25) is 5.75 Å². The van der Waals surface area contributed by atoms with Crippen molar-refractivity contribution in [2.24, 2.45) is 0 Å². The minimum atomic E-state index is -0.850. The zero-order chi connectivity index (χ0) is 23.4. The van der Waals surface area contributed by atoms with Gasteiger partial charge in [-0.1, -0.05) is 15.9 Å². The number of carboxylic acid groups (broad SMARTS) is 1. The Labute approximate surface area is 196 Å². The lowest BCUT2D eigenvalue weighted by molar-refractivity contribution is -0.142. The van der Waals surface area contributed by atoms with Gasteiger partial charge in [-0.15, -0.1) is 0 Å². The highest BCUT2D eigenvalue weighted by Gasteiger charge is 2.38. The van der Waals surface area contributed by atoms with Gasteiger partial charge >= 0.3 is 5.97 Å². The molecule has 3 rings (SSSR count). The number of likely N-dealkylation sites (tertiary alicyclic amines) is 1. The van der Waals surface area contributed by atoms with E-state index in [-0.39, 0.29) is 0 Å². The fourth-order valence-corrected chi connectivity index (χ4v) is 4.79. The summed E-state index contributed by atoms with van der Waals surface area (Å²) in [5, 5.41) is 9.89. The maximum absolute atomic E-state index is 12.1. The molecule has 2 atom stereocenters. The van der Waals surface area contributed by atoms with Crippen LogP contribution in [0.25, 0.3) is 0 Å². The van der Waals surface area contributed by atoms with Gasteiger partial charge in [0, 0.05) is 11.0 Å². The van der Waals surface area contributed by atoms with Gasteiger partial charge in [-0.25, -0.2) is 0 Å². The lowest BCUT2D eigenvalue weighted by Crippen LogP contribution is -2.39. The van der Waals surface area contributed by atoms with Gasteiger partial charge in [-0.3, -0.25) is 9.69 Å². The molecule has 8 nitrogen and oxygen atoms in total. The number of halogens is 1. The molecule has 2 unspecified atom stereocenters.